The van der Waals surface area contributed by atoms with Crippen LogP contribution in [0.2, 0.25) is 0 Å². The Labute approximate surface area is 106 Å². The minimum absolute atomic E-state index is 0.175. The zero-order chi connectivity index (χ0) is 13.2. The molecular formula is C10H16N4O3S. The van der Waals surface area contributed by atoms with Gasteiger partial charge in [0, 0.05) is 24.8 Å². The number of morpholine rings is 1. The molecule has 1 atom stereocenters. The predicted molar refractivity (Wildman–Crippen MR) is 66.2 cm³/mol. The molecule has 3 N–H and O–H groups in total. The topological polar surface area (TPSA) is 97.5 Å². The molecule has 1 aliphatic heterocycles. The first-order valence-corrected chi connectivity index (χ1v) is 7.02. The van der Waals surface area contributed by atoms with Crippen molar-refractivity contribution in [2.75, 3.05) is 25.2 Å². The number of rotatable bonds is 3. The number of pyridine rings is 1. The summed E-state index contributed by atoms with van der Waals surface area (Å²) in [6, 6.07) is 2.70. The van der Waals surface area contributed by atoms with E-state index in [4.69, 9.17) is 10.6 Å². The molecule has 2 rings (SSSR count). The summed E-state index contributed by atoms with van der Waals surface area (Å²) in [6.07, 6.45) is 1.41. The zero-order valence-electron chi connectivity index (χ0n) is 10.0. The summed E-state index contributed by atoms with van der Waals surface area (Å²) in [7, 11) is -3.53. The second-order valence-corrected chi connectivity index (χ2v) is 5.95. The minimum atomic E-state index is -3.53. The van der Waals surface area contributed by atoms with Crippen molar-refractivity contribution in [3.8, 4) is 0 Å². The van der Waals surface area contributed by atoms with Crippen molar-refractivity contribution in [2.45, 2.75) is 17.9 Å². The van der Waals surface area contributed by atoms with E-state index in [1.807, 2.05) is 6.92 Å². The lowest BCUT2D eigenvalue weighted by atomic mass is 10.3. The van der Waals surface area contributed by atoms with Crippen LogP contribution >= 0.6 is 0 Å². The molecule has 1 unspecified atom stereocenters. The fourth-order valence-corrected chi connectivity index (χ4v) is 3.47. The van der Waals surface area contributed by atoms with Crippen LogP contribution in [-0.2, 0) is 14.8 Å². The number of nitrogens with two attached hydrogens (primary N) is 1. The summed E-state index contributed by atoms with van der Waals surface area (Å²) >= 11 is 0. The number of hydrogen-bond acceptors (Lipinski definition) is 6. The van der Waals surface area contributed by atoms with E-state index in [1.54, 1.807) is 0 Å². The molecule has 0 radical (unpaired) electrons. The highest BCUT2D eigenvalue weighted by Gasteiger charge is 2.31. The number of nitrogens with one attached hydrogen (secondary N) is 1. The molecule has 18 heavy (non-hydrogen) atoms. The summed E-state index contributed by atoms with van der Waals surface area (Å²) in [5.41, 5.74) is 2.33. The van der Waals surface area contributed by atoms with Crippen LogP contribution in [-0.4, -0.2) is 43.5 Å². The molecule has 1 saturated heterocycles. The summed E-state index contributed by atoms with van der Waals surface area (Å²) in [5, 5.41) is 0. The maximum atomic E-state index is 12.4. The van der Waals surface area contributed by atoms with E-state index < -0.39 is 10.0 Å². The Morgan fingerprint density at radius 3 is 3.06 bits per heavy atom. The molecule has 0 bridgehead atoms. The van der Waals surface area contributed by atoms with Gasteiger partial charge in [0.05, 0.1) is 18.1 Å². The SMILES string of the molecule is CC1COCCN1S(=O)(=O)c1ccnc(NN)c1. The number of nitrogens with zero attached hydrogens (tertiary/aromatic N) is 2. The molecule has 1 aromatic rings. The molecule has 0 amide bonds. The molecule has 0 saturated carbocycles. The van der Waals surface area contributed by atoms with Crippen molar-refractivity contribution in [3.63, 3.8) is 0 Å². The average Bonchev–Trinajstić information content (AvgIpc) is 2.39. The van der Waals surface area contributed by atoms with Gasteiger partial charge in [-0.25, -0.2) is 19.2 Å². The van der Waals surface area contributed by atoms with E-state index in [9.17, 15) is 8.42 Å². The van der Waals surface area contributed by atoms with Gasteiger partial charge in [-0.05, 0) is 13.0 Å². The maximum Gasteiger partial charge on any atom is 0.243 e. The molecule has 7 nitrogen and oxygen atoms in total. The quantitative estimate of drug-likeness (QED) is 0.583. The minimum Gasteiger partial charge on any atom is -0.378 e. The van der Waals surface area contributed by atoms with Gasteiger partial charge < -0.3 is 10.2 Å². The van der Waals surface area contributed by atoms with Crippen LogP contribution in [0.3, 0.4) is 0 Å². The van der Waals surface area contributed by atoms with E-state index >= 15 is 0 Å². The maximum absolute atomic E-state index is 12.4. The van der Waals surface area contributed by atoms with Gasteiger partial charge in [0.2, 0.25) is 10.0 Å². The smallest absolute Gasteiger partial charge is 0.243 e. The first-order chi connectivity index (χ1) is 8.55. The van der Waals surface area contributed by atoms with Gasteiger partial charge in [-0.2, -0.15) is 4.31 Å². The molecular weight excluding hydrogens is 256 g/mol. The first-order valence-electron chi connectivity index (χ1n) is 5.58. The van der Waals surface area contributed by atoms with Crippen LogP contribution in [0.1, 0.15) is 6.92 Å². The Balaban J connectivity index is 2.34. The van der Waals surface area contributed by atoms with E-state index in [1.165, 1.54) is 22.6 Å². The molecule has 0 aromatic carbocycles. The van der Waals surface area contributed by atoms with Crippen molar-refractivity contribution >= 4 is 15.8 Å². The highest BCUT2D eigenvalue weighted by Crippen LogP contribution is 2.21. The highest BCUT2D eigenvalue weighted by atomic mass is 32.2. The van der Waals surface area contributed by atoms with E-state index in [0.717, 1.165) is 0 Å². The number of aromatic nitrogens is 1. The summed E-state index contributed by atoms with van der Waals surface area (Å²) in [5.74, 6) is 5.54. The second-order valence-electron chi connectivity index (χ2n) is 4.06. The van der Waals surface area contributed by atoms with Gasteiger partial charge in [0.15, 0.2) is 0 Å². The van der Waals surface area contributed by atoms with Gasteiger partial charge >= 0.3 is 0 Å². The average molecular weight is 272 g/mol. The van der Waals surface area contributed by atoms with Crippen LogP contribution in [0.25, 0.3) is 0 Å². The summed E-state index contributed by atoms with van der Waals surface area (Å²) in [6.45, 7) is 3.00. The third kappa shape index (κ3) is 2.46. The van der Waals surface area contributed by atoms with Gasteiger partial charge in [-0.15, -0.1) is 0 Å². The van der Waals surface area contributed by atoms with Crippen LogP contribution in [0, 0.1) is 0 Å². The fraction of sp³-hybridized carbons (Fsp3) is 0.500. The van der Waals surface area contributed by atoms with Gasteiger partial charge in [-0.3, -0.25) is 0 Å². The predicted octanol–water partition coefficient (Wildman–Crippen LogP) is -0.223. The Morgan fingerprint density at radius 1 is 1.61 bits per heavy atom. The number of nitrogen functional groups attached to an aromatic ring is 1. The Kier molecular flexibility index (Phi) is 3.81. The van der Waals surface area contributed by atoms with E-state index in [2.05, 4.69) is 10.4 Å². The molecule has 8 heteroatoms. The molecule has 1 fully saturated rings. The summed E-state index contributed by atoms with van der Waals surface area (Å²) < 4.78 is 31.6. The highest BCUT2D eigenvalue weighted by molar-refractivity contribution is 7.89. The van der Waals surface area contributed by atoms with Gasteiger partial charge in [0.25, 0.3) is 0 Å². The lowest BCUT2D eigenvalue weighted by molar-refractivity contribution is 0.0393. The van der Waals surface area contributed by atoms with Crippen molar-refractivity contribution < 1.29 is 13.2 Å². The van der Waals surface area contributed by atoms with Crippen LogP contribution in [0.15, 0.2) is 23.2 Å². The van der Waals surface area contributed by atoms with E-state index in [-0.39, 0.29) is 10.9 Å². The largest absolute Gasteiger partial charge is 0.378 e. The second kappa shape index (κ2) is 5.19. The summed E-state index contributed by atoms with van der Waals surface area (Å²) in [4.78, 5) is 4.07. The molecule has 0 aliphatic carbocycles. The Bertz CT molecular complexity index is 520. The van der Waals surface area contributed by atoms with Crippen molar-refractivity contribution in [3.05, 3.63) is 18.3 Å². The lowest BCUT2D eigenvalue weighted by Gasteiger charge is -2.32. The van der Waals surface area contributed by atoms with Crippen LogP contribution < -0.4 is 11.3 Å². The number of sulfonamides is 1. The van der Waals surface area contributed by atoms with Gasteiger partial charge in [0.1, 0.15) is 5.82 Å². The van der Waals surface area contributed by atoms with Crippen LogP contribution in [0.4, 0.5) is 5.82 Å². The molecule has 2 heterocycles. The van der Waals surface area contributed by atoms with Crippen molar-refractivity contribution in [1.82, 2.24) is 9.29 Å². The number of ether oxygens (including phenoxy) is 1. The third-order valence-electron chi connectivity index (χ3n) is 2.79. The van der Waals surface area contributed by atoms with Gasteiger partial charge in [-0.1, -0.05) is 0 Å². The number of hydrazine groups is 1. The first kappa shape index (κ1) is 13.2. The lowest BCUT2D eigenvalue weighted by Crippen LogP contribution is -2.46. The standard InChI is InChI=1S/C10H16N4O3S/c1-8-7-17-5-4-14(8)18(15,16)9-2-3-12-10(6-9)13-11/h2-3,6,8H,4-5,7,11H2,1H3,(H,12,13). The third-order valence-corrected chi connectivity index (χ3v) is 4.80. The normalized spacial score (nSPS) is 21.8. The Morgan fingerprint density at radius 2 is 2.39 bits per heavy atom. The number of hydrogen-bond donors (Lipinski definition) is 2. The monoisotopic (exact) mass is 272 g/mol. The van der Waals surface area contributed by atoms with Crippen LogP contribution in [0.5, 0.6) is 0 Å². The Hall–Kier alpha value is -1.22. The van der Waals surface area contributed by atoms with E-state index in [0.29, 0.717) is 25.6 Å². The zero-order valence-corrected chi connectivity index (χ0v) is 10.9. The molecule has 100 valence electrons. The van der Waals surface area contributed by atoms with Crippen molar-refractivity contribution in [1.29, 1.82) is 0 Å². The number of anilines is 1. The van der Waals surface area contributed by atoms with Crippen molar-refractivity contribution in [2.24, 2.45) is 5.84 Å². The molecule has 1 aliphatic rings. The molecule has 0 spiro atoms. The molecule has 1 aromatic heterocycles. The fourth-order valence-electron chi connectivity index (χ4n) is 1.85.